The van der Waals surface area contributed by atoms with Gasteiger partial charge in [0.1, 0.15) is 0 Å². The Bertz CT molecular complexity index is 566. The molecule has 1 unspecified atom stereocenters. The van der Waals surface area contributed by atoms with Crippen LogP contribution in [0.15, 0.2) is 54.6 Å². The summed E-state index contributed by atoms with van der Waals surface area (Å²) in [7, 11) is 0. The highest BCUT2D eigenvalue weighted by atomic mass is 16.1. The molecule has 1 amide bonds. The molecular weight excluding hydrogens is 248 g/mol. The van der Waals surface area contributed by atoms with E-state index < -0.39 is 0 Å². The van der Waals surface area contributed by atoms with Crippen LogP contribution in [0.4, 0.5) is 11.4 Å². The number of hydrogen-bond acceptors (Lipinski definition) is 2. The summed E-state index contributed by atoms with van der Waals surface area (Å²) < 4.78 is 0. The van der Waals surface area contributed by atoms with E-state index in [-0.39, 0.29) is 11.9 Å². The number of carbonyl (C=O) groups is 1. The predicted octanol–water partition coefficient (Wildman–Crippen LogP) is 3.96. The Morgan fingerprint density at radius 2 is 1.70 bits per heavy atom. The van der Waals surface area contributed by atoms with E-state index >= 15 is 0 Å². The van der Waals surface area contributed by atoms with Crippen LogP contribution in [0.1, 0.15) is 30.6 Å². The number of rotatable bonds is 5. The van der Waals surface area contributed by atoms with Crippen LogP contribution in [0.2, 0.25) is 0 Å². The molecule has 1 atom stereocenters. The van der Waals surface area contributed by atoms with Crippen molar-refractivity contribution in [1.82, 2.24) is 5.32 Å². The maximum absolute atomic E-state index is 12.3. The Labute approximate surface area is 120 Å². The van der Waals surface area contributed by atoms with E-state index in [0.717, 1.165) is 17.8 Å². The van der Waals surface area contributed by atoms with Crippen LogP contribution < -0.4 is 10.6 Å². The molecule has 0 radical (unpaired) electrons. The minimum atomic E-state index is -0.0432. The summed E-state index contributed by atoms with van der Waals surface area (Å²) in [4.78, 5) is 12.3. The van der Waals surface area contributed by atoms with Crippen LogP contribution in [0, 0.1) is 0 Å². The van der Waals surface area contributed by atoms with Crippen molar-refractivity contribution in [3.05, 3.63) is 60.2 Å². The molecule has 0 fully saturated rings. The summed E-state index contributed by atoms with van der Waals surface area (Å²) in [5.41, 5.74) is 2.45. The summed E-state index contributed by atoms with van der Waals surface area (Å²) in [6.45, 7) is 4.06. The number of hydrogen-bond donors (Lipinski definition) is 2. The molecule has 2 aromatic carbocycles. The average molecular weight is 268 g/mol. The minimum absolute atomic E-state index is 0.0432. The molecule has 3 heteroatoms. The fourth-order valence-corrected chi connectivity index (χ4v) is 1.87. The molecule has 0 heterocycles. The van der Waals surface area contributed by atoms with E-state index in [1.807, 2.05) is 61.5 Å². The SMILES string of the molecule is CCC(C)NC(=O)c1ccccc1Nc1ccccc1. The molecule has 2 N–H and O–H groups in total. The number of anilines is 2. The monoisotopic (exact) mass is 268 g/mol. The van der Waals surface area contributed by atoms with Gasteiger partial charge < -0.3 is 10.6 Å². The molecule has 0 aliphatic carbocycles. The molecule has 0 spiro atoms. The lowest BCUT2D eigenvalue weighted by atomic mass is 10.1. The van der Waals surface area contributed by atoms with Crippen LogP contribution in [0.3, 0.4) is 0 Å². The van der Waals surface area contributed by atoms with Crippen molar-refractivity contribution in [3.63, 3.8) is 0 Å². The van der Waals surface area contributed by atoms with Crippen molar-refractivity contribution in [3.8, 4) is 0 Å². The number of benzene rings is 2. The zero-order valence-electron chi connectivity index (χ0n) is 11.9. The molecule has 0 aliphatic heterocycles. The average Bonchev–Trinajstić information content (AvgIpc) is 2.48. The van der Waals surface area contributed by atoms with Gasteiger partial charge in [-0.25, -0.2) is 0 Å². The Morgan fingerprint density at radius 3 is 2.40 bits per heavy atom. The first-order valence-electron chi connectivity index (χ1n) is 6.92. The molecule has 0 saturated carbocycles. The van der Waals surface area contributed by atoms with Gasteiger partial charge in [-0.05, 0) is 37.6 Å². The third-order valence-corrected chi connectivity index (χ3v) is 3.21. The van der Waals surface area contributed by atoms with E-state index in [1.54, 1.807) is 0 Å². The Hall–Kier alpha value is -2.29. The van der Waals surface area contributed by atoms with Crippen LogP contribution in [0.5, 0.6) is 0 Å². The largest absolute Gasteiger partial charge is 0.355 e. The number of nitrogens with one attached hydrogen (secondary N) is 2. The number of carbonyl (C=O) groups excluding carboxylic acids is 1. The quantitative estimate of drug-likeness (QED) is 0.861. The molecule has 2 aromatic rings. The Balaban J connectivity index is 2.20. The third-order valence-electron chi connectivity index (χ3n) is 3.21. The summed E-state index contributed by atoms with van der Waals surface area (Å²) in [6, 6.07) is 17.6. The molecule has 20 heavy (non-hydrogen) atoms. The fourth-order valence-electron chi connectivity index (χ4n) is 1.87. The standard InChI is InChI=1S/C17H20N2O/c1-3-13(2)18-17(20)15-11-7-8-12-16(15)19-14-9-5-4-6-10-14/h4-13,19H,3H2,1-2H3,(H,18,20). The van der Waals surface area contributed by atoms with Crippen LogP contribution in [0.25, 0.3) is 0 Å². The van der Waals surface area contributed by atoms with Gasteiger partial charge in [-0.2, -0.15) is 0 Å². The molecule has 0 bridgehead atoms. The van der Waals surface area contributed by atoms with Crippen LogP contribution >= 0.6 is 0 Å². The zero-order chi connectivity index (χ0) is 14.4. The molecular formula is C17H20N2O. The van der Waals surface area contributed by atoms with E-state index in [4.69, 9.17) is 0 Å². The minimum Gasteiger partial charge on any atom is -0.355 e. The van der Waals surface area contributed by atoms with Gasteiger partial charge in [0.05, 0.1) is 11.3 Å². The first-order valence-corrected chi connectivity index (χ1v) is 6.92. The smallest absolute Gasteiger partial charge is 0.253 e. The summed E-state index contributed by atoms with van der Waals surface area (Å²) in [5, 5.41) is 6.28. The number of amides is 1. The van der Waals surface area contributed by atoms with Gasteiger partial charge in [0, 0.05) is 11.7 Å². The second-order valence-corrected chi connectivity index (χ2v) is 4.82. The Kier molecular flexibility index (Phi) is 4.77. The second kappa shape index (κ2) is 6.75. The molecule has 2 rings (SSSR count). The van der Waals surface area contributed by atoms with E-state index in [9.17, 15) is 4.79 Å². The summed E-state index contributed by atoms with van der Waals surface area (Å²) >= 11 is 0. The van der Waals surface area contributed by atoms with Gasteiger partial charge in [-0.1, -0.05) is 37.3 Å². The maximum atomic E-state index is 12.3. The summed E-state index contributed by atoms with van der Waals surface area (Å²) in [5.74, 6) is -0.0432. The lowest BCUT2D eigenvalue weighted by Crippen LogP contribution is -2.32. The van der Waals surface area contributed by atoms with Crippen molar-refractivity contribution in [2.75, 3.05) is 5.32 Å². The van der Waals surface area contributed by atoms with Gasteiger partial charge in [0.25, 0.3) is 5.91 Å². The van der Waals surface area contributed by atoms with E-state index in [2.05, 4.69) is 17.6 Å². The predicted molar refractivity (Wildman–Crippen MR) is 83.4 cm³/mol. The summed E-state index contributed by atoms with van der Waals surface area (Å²) in [6.07, 6.45) is 0.917. The fraction of sp³-hybridized carbons (Fsp3) is 0.235. The Morgan fingerprint density at radius 1 is 1.05 bits per heavy atom. The van der Waals surface area contributed by atoms with Crippen molar-refractivity contribution in [2.24, 2.45) is 0 Å². The van der Waals surface area contributed by atoms with Gasteiger partial charge >= 0.3 is 0 Å². The molecule has 0 aliphatic rings. The van der Waals surface area contributed by atoms with Crippen LogP contribution in [-0.4, -0.2) is 11.9 Å². The number of para-hydroxylation sites is 2. The topological polar surface area (TPSA) is 41.1 Å². The van der Waals surface area contributed by atoms with E-state index in [0.29, 0.717) is 5.56 Å². The van der Waals surface area contributed by atoms with Crippen molar-refractivity contribution >= 4 is 17.3 Å². The normalized spacial score (nSPS) is 11.7. The van der Waals surface area contributed by atoms with Gasteiger partial charge in [0.15, 0.2) is 0 Å². The van der Waals surface area contributed by atoms with Gasteiger partial charge in [-0.3, -0.25) is 4.79 Å². The molecule has 0 saturated heterocycles. The highest BCUT2D eigenvalue weighted by Crippen LogP contribution is 2.20. The van der Waals surface area contributed by atoms with Gasteiger partial charge in [0.2, 0.25) is 0 Å². The highest BCUT2D eigenvalue weighted by Gasteiger charge is 2.12. The first-order chi connectivity index (χ1) is 9.70. The second-order valence-electron chi connectivity index (χ2n) is 4.82. The van der Waals surface area contributed by atoms with Crippen molar-refractivity contribution in [1.29, 1.82) is 0 Å². The molecule has 0 aromatic heterocycles. The lowest BCUT2D eigenvalue weighted by Gasteiger charge is -2.15. The first kappa shape index (κ1) is 14.1. The third kappa shape index (κ3) is 3.60. The maximum Gasteiger partial charge on any atom is 0.253 e. The molecule has 3 nitrogen and oxygen atoms in total. The van der Waals surface area contributed by atoms with E-state index in [1.165, 1.54) is 0 Å². The van der Waals surface area contributed by atoms with Gasteiger partial charge in [-0.15, -0.1) is 0 Å². The highest BCUT2D eigenvalue weighted by molar-refractivity contribution is 6.00. The molecule has 104 valence electrons. The van der Waals surface area contributed by atoms with Crippen LogP contribution in [-0.2, 0) is 0 Å². The van der Waals surface area contributed by atoms with Crippen molar-refractivity contribution < 1.29 is 4.79 Å². The lowest BCUT2D eigenvalue weighted by molar-refractivity contribution is 0.0940. The zero-order valence-corrected chi connectivity index (χ0v) is 11.9. The van der Waals surface area contributed by atoms with Crippen molar-refractivity contribution in [2.45, 2.75) is 26.3 Å².